The van der Waals surface area contributed by atoms with Crippen LogP contribution >= 0.6 is 0 Å². The van der Waals surface area contributed by atoms with Crippen molar-refractivity contribution >= 4 is 56.3 Å². The standard InChI is InChI=1S/C54H44N2Si/c1-5-17-43(18-6-1)55-52-27-15-13-25-49(52)42-31-29-40(30-32-42)41-33-35-47(36-34-41)57(45-21-9-3-10-22-45,46-23-11-4-12-24-46)48-37-38-54-51(39-48)50-26-14-16-28-53(50)56(54)44-19-7-2-8-20-44/h1-12,14-24,26-39,49,52,55H,13,25H2. The Morgan fingerprint density at radius 2 is 0.982 bits per heavy atom. The van der Waals surface area contributed by atoms with E-state index < -0.39 is 8.07 Å². The van der Waals surface area contributed by atoms with Crippen molar-refractivity contribution in [2.75, 3.05) is 5.32 Å². The Kier molecular flexibility index (Phi) is 9.21. The van der Waals surface area contributed by atoms with Crippen LogP contribution in [0.3, 0.4) is 0 Å². The molecule has 1 aromatic heterocycles. The van der Waals surface area contributed by atoms with E-state index in [1.54, 1.807) is 0 Å². The molecule has 3 heteroatoms. The van der Waals surface area contributed by atoms with Crippen LogP contribution in [0.2, 0.25) is 0 Å². The van der Waals surface area contributed by atoms with Crippen LogP contribution in [0.15, 0.2) is 224 Å². The zero-order valence-electron chi connectivity index (χ0n) is 31.9. The van der Waals surface area contributed by atoms with Gasteiger partial charge in [0.25, 0.3) is 0 Å². The Labute approximate surface area is 336 Å². The molecule has 9 aromatic rings. The van der Waals surface area contributed by atoms with Crippen molar-refractivity contribution < 1.29 is 0 Å². The van der Waals surface area contributed by atoms with Gasteiger partial charge in [0.1, 0.15) is 0 Å². The number of hydrogen-bond donors (Lipinski definition) is 1. The molecule has 0 saturated heterocycles. The van der Waals surface area contributed by atoms with Crippen molar-refractivity contribution in [3.05, 3.63) is 230 Å². The van der Waals surface area contributed by atoms with Gasteiger partial charge in [-0.25, -0.2) is 0 Å². The fraction of sp³-hybridized carbons (Fsp3) is 0.0741. The minimum absolute atomic E-state index is 0.273. The molecule has 1 N–H and O–H groups in total. The maximum Gasteiger partial charge on any atom is 0.179 e. The minimum Gasteiger partial charge on any atom is -0.378 e. The van der Waals surface area contributed by atoms with Crippen LogP contribution in [-0.2, 0) is 0 Å². The van der Waals surface area contributed by atoms with Gasteiger partial charge in [-0.05, 0) is 86.7 Å². The number of hydrogen-bond acceptors (Lipinski definition) is 1. The molecular weight excluding hydrogens is 705 g/mol. The molecule has 8 aromatic carbocycles. The third kappa shape index (κ3) is 6.31. The van der Waals surface area contributed by atoms with E-state index in [-0.39, 0.29) is 6.04 Å². The number of aromatic nitrogens is 1. The summed E-state index contributed by atoms with van der Waals surface area (Å²) in [6.07, 6.45) is 6.92. The van der Waals surface area contributed by atoms with Crippen molar-refractivity contribution in [3.63, 3.8) is 0 Å². The predicted molar refractivity (Wildman–Crippen MR) is 245 cm³/mol. The van der Waals surface area contributed by atoms with Gasteiger partial charge < -0.3 is 9.88 Å². The SMILES string of the molecule is C1=CC(Nc2ccccc2)C(c2ccc(-c3ccc([Si](c4ccccc4)(c4ccccc4)c4ccc5c(c4)c4ccccc4n5-c4ccccc4)cc3)cc2)CC1. The summed E-state index contributed by atoms with van der Waals surface area (Å²) in [6.45, 7) is 0. The fourth-order valence-electron chi connectivity index (χ4n) is 9.35. The molecule has 2 atom stereocenters. The highest BCUT2D eigenvalue weighted by molar-refractivity contribution is 7.20. The first-order valence-electron chi connectivity index (χ1n) is 20.2. The third-order valence-electron chi connectivity index (χ3n) is 12.1. The molecule has 57 heavy (non-hydrogen) atoms. The van der Waals surface area contributed by atoms with Gasteiger partial charge in [-0.3, -0.25) is 0 Å². The molecule has 0 amide bonds. The van der Waals surface area contributed by atoms with Gasteiger partial charge in [-0.2, -0.15) is 0 Å². The lowest BCUT2D eigenvalue weighted by Crippen LogP contribution is -2.74. The smallest absolute Gasteiger partial charge is 0.179 e. The maximum absolute atomic E-state index is 3.78. The van der Waals surface area contributed by atoms with E-state index in [4.69, 9.17) is 0 Å². The molecule has 1 aliphatic carbocycles. The highest BCUT2D eigenvalue weighted by Crippen LogP contribution is 2.34. The number of benzene rings is 8. The van der Waals surface area contributed by atoms with Crippen LogP contribution in [0.1, 0.15) is 24.3 Å². The lowest BCUT2D eigenvalue weighted by atomic mass is 9.83. The molecule has 0 fully saturated rings. The number of fused-ring (bicyclic) bond motifs is 3. The summed E-state index contributed by atoms with van der Waals surface area (Å²) >= 11 is 0. The van der Waals surface area contributed by atoms with Crippen molar-refractivity contribution in [3.8, 4) is 16.8 Å². The summed E-state index contributed by atoms with van der Waals surface area (Å²) in [6, 6.07) is 79.1. The Bertz CT molecular complexity index is 2750. The van der Waals surface area contributed by atoms with Crippen LogP contribution < -0.4 is 26.1 Å². The molecular formula is C54H44N2Si. The van der Waals surface area contributed by atoms with Gasteiger partial charge in [0.2, 0.25) is 0 Å². The van der Waals surface area contributed by atoms with E-state index in [1.165, 1.54) is 70.6 Å². The van der Waals surface area contributed by atoms with E-state index in [0.717, 1.165) is 12.8 Å². The van der Waals surface area contributed by atoms with E-state index >= 15 is 0 Å². The van der Waals surface area contributed by atoms with E-state index in [1.807, 2.05) is 0 Å². The summed E-state index contributed by atoms with van der Waals surface area (Å²) in [5.41, 5.74) is 8.65. The topological polar surface area (TPSA) is 17.0 Å². The van der Waals surface area contributed by atoms with E-state index in [0.29, 0.717) is 5.92 Å². The van der Waals surface area contributed by atoms with Gasteiger partial charge in [-0.1, -0.05) is 188 Å². The maximum atomic E-state index is 3.78. The predicted octanol–water partition coefficient (Wildman–Crippen LogP) is 10.7. The summed E-state index contributed by atoms with van der Waals surface area (Å²) in [5.74, 6) is 0.425. The molecule has 1 aliphatic rings. The van der Waals surface area contributed by atoms with Crippen molar-refractivity contribution in [1.29, 1.82) is 0 Å². The second-order valence-electron chi connectivity index (χ2n) is 15.2. The monoisotopic (exact) mass is 748 g/mol. The van der Waals surface area contributed by atoms with Gasteiger partial charge in [0, 0.05) is 28.1 Å². The molecule has 1 heterocycles. The Balaban J connectivity index is 1.08. The Morgan fingerprint density at radius 3 is 1.65 bits per heavy atom. The molecule has 0 spiro atoms. The molecule has 10 rings (SSSR count). The zero-order chi connectivity index (χ0) is 38.0. The quantitative estimate of drug-likeness (QED) is 0.0884. The molecule has 0 aliphatic heterocycles. The summed E-state index contributed by atoms with van der Waals surface area (Å²) in [7, 11) is -2.79. The summed E-state index contributed by atoms with van der Waals surface area (Å²) in [4.78, 5) is 0. The van der Waals surface area contributed by atoms with Crippen LogP contribution in [0.5, 0.6) is 0 Å². The fourth-order valence-corrected chi connectivity index (χ4v) is 14.1. The highest BCUT2D eigenvalue weighted by atomic mass is 28.3. The number of nitrogens with one attached hydrogen (secondary N) is 1. The third-order valence-corrected chi connectivity index (χ3v) is 16.8. The molecule has 0 bridgehead atoms. The Morgan fingerprint density at radius 1 is 0.456 bits per heavy atom. The first-order chi connectivity index (χ1) is 28.3. The highest BCUT2D eigenvalue weighted by Gasteiger charge is 2.41. The molecule has 0 saturated carbocycles. The molecule has 2 nitrogen and oxygen atoms in total. The Hall–Kier alpha value is -6.68. The first-order valence-corrected chi connectivity index (χ1v) is 22.2. The van der Waals surface area contributed by atoms with Gasteiger partial charge in [0.05, 0.1) is 17.1 Å². The van der Waals surface area contributed by atoms with Crippen LogP contribution in [0, 0.1) is 0 Å². The molecule has 274 valence electrons. The van der Waals surface area contributed by atoms with E-state index in [2.05, 4.69) is 234 Å². The van der Waals surface area contributed by atoms with Crippen molar-refractivity contribution in [2.24, 2.45) is 0 Å². The van der Waals surface area contributed by atoms with Crippen LogP contribution in [0.4, 0.5) is 5.69 Å². The number of rotatable bonds is 9. The van der Waals surface area contributed by atoms with Crippen LogP contribution in [0.25, 0.3) is 38.6 Å². The lowest BCUT2D eigenvalue weighted by Gasteiger charge is -2.34. The largest absolute Gasteiger partial charge is 0.378 e. The van der Waals surface area contributed by atoms with Gasteiger partial charge >= 0.3 is 0 Å². The first kappa shape index (κ1) is 34.8. The molecule has 0 radical (unpaired) electrons. The average molecular weight is 749 g/mol. The normalized spacial score (nSPS) is 15.5. The summed E-state index contributed by atoms with van der Waals surface area (Å²) < 4.78 is 2.41. The number of nitrogens with zero attached hydrogens (tertiary/aromatic N) is 1. The average Bonchev–Trinajstić information content (AvgIpc) is 3.62. The number of anilines is 1. The number of allylic oxidation sites excluding steroid dienone is 1. The van der Waals surface area contributed by atoms with Gasteiger partial charge in [-0.15, -0.1) is 0 Å². The van der Waals surface area contributed by atoms with Crippen molar-refractivity contribution in [1.82, 2.24) is 4.57 Å². The second kappa shape index (κ2) is 15.1. The number of para-hydroxylation sites is 3. The van der Waals surface area contributed by atoms with E-state index in [9.17, 15) is 0 Å². The minimum atomic E-state index is -2.79. The molecule has 2 unspecified atom stereocenters. The summed E-state index contributed by atoms with van der Waals surface area (Å²) in [5, 5.41) is 11.8. The van der Waals surface area contributed by atoms with Crippen LogP contribution in [-0.4, -0.2) is 18.7 Å². The van der Waals surface area contributed by atoms with Gasteiger partial charge in [0.15, 0.2) is 8.07 Å². The van der Waals surface area contributed by atoms with Crippen molar-refractivity contribution in [2.45, 2.75) is 24.8 Å². The zero-order valence-corrected chi connectivity index (χ0v) is 32.9. The lowest BCUT2D eigenvalue weighted by molar-refractivity contribution is 0.571. The second-order valence-corrected chi connectivity index (χ2v) is 19.1.